The Bertz CT molecular complexity index is 1280. The fraction of sp³-hybridized carbons (Fsp3) is 0.286. The van der Waals surface area contributed by atoms with E-state index in [4.69, 9.17) is 9.72 Å². The molecular weight excluding hydrogens is 490 g/mol. The Labute approximate surface area is 209 Å². The number of imidazole rings is 1. The molecule has 0 bridgehead atoms. The Morgan fingerprint density at radius 3 is 2.62 bits per heavy atom. The number of ether oxygens (including phenoxy) is 1. The third-order valence-electron chi connectivity index (χ3n) is 5.84. The van der Waals surface area contributed by atoms with E-state index in [2.05, 4.69) is 70.9 Å². The van der Waals surface area contributed by atoms with Crippen molar-refractivity contribution in [2.75, 3.05) is 13.2 Å². The molecule has 1 heterocycles. The molecule has 0 saturated heterocycles. The van der Waals surface area contributed by atoms with Gasteiger partial charge in [-0.05, 0) is 66.4 Å². The number of amides is 1. The highest BCUT2D eigenvalue weighted by Gasteiger charge is 2.13. The number of nitrogens with zero attached hydrogens (tertiary/aromatic N) is 2. The van der Waals surface area contributed by atoms with Crippen molar-refractivity contribution in [2.24, 2.45) is 0 Å². The number of fused-ring (bicyclic) bond motifs is 1. The first-order valence-electron chi connectivity index (χ1n) is 11.6. The standard InChI is InChI=1S/C28H30BrN3O2/c1-19(2)23-13-8-20(3)18-26(23)34-17-16-32-25-7-5-4-6-24(25)31-27(32)14-15-30-28(33)21-9-11-22(29)12-10-21/h4-13,18-19H,14-17H2,1-3H3,(H,30,33). The van der Waals surface area contributed by atoms with Crippen molar-refractivity contribution in [2.45, 2.75) is 39.7 Å². The Morgan fingerprint density at radius 2 is 1.85 bits per heavy atom. The van der Waals surface area contributed by atoms with Crippen LogP contribution in [-0.4, -0.2) is 28.6 Å². The van der Waals surface area contributed by atoms with Gasteiger partial charge in [0, 0.05) is 23.0 Å². The van der Waals surface area contributed by atoms with Gasteiger partial charge < -0.3 is 14.6 Å². The molecule has 1 aromatic heterocycles. The highest BCUT2D eigenvalue weighted by Crippen LogP contribution is 2.27. The summed E-state index contributed by atoms with van der Waals surface area (Å²) in [6, 6.07) is 21.9. The van der Waals surface area contributed by atoms with Crippen LogP contribution in [-0.2, 0) is 13.0 Å². The number of aryl methyl sites for hydroxylation is 1. The Morgan fingerprint density at radius 1 is 1.09 bits per heavy atom. The summed E-state index contributed by atoms with van der Waals surface area (Å²) in [5.41, 5.74) is 5.08. The SMILES string of the molecule is Cc1ccc(C(C)C)c(OCCn2c(CCNC(=O)c3ccc(Br)cc3)nc3ccccc32)c1. The molecule has 0 spiro atoms. The lowest BCUT2D eigenvalue weighted by Gasteiger charge is -2.16. The van der Waals surface area contributed by atoms with Crippen LogP contribution in [0.25, 0.3) is 11.0 Å². The van der Waals surface area contributed by atoms with Crippen LogP contribution in [0.1, 0.15) is 47.1 Å². The maximum absolute atomic E-state index is 12.5. The van der Waals surface area contributed by atoms with Crippen molar-refractivity contribution in [3.8, 4) is 5.75 Å². The summed E-state index contributed by atoms with van der Waals surface area (Å²) < 4.78 is 9.40. The van der Waals surface area contributed by atoms with Crippen LogP contribution in [0, 0.1) is 6.92 Å². The van der Waals surface area contributed by atoms with Crippen molar-refractivity contribution in [3.05, 3.63) is 93.7 Å². The maximum Gasteiger partial charge on any atom is 0.251 e. The summed E-state index contributed by atoms with van der Waals surface area (Å²) in [6.07, 6.45) is 0.638. The van der Waals surface area contributed by atoms with Crippen LogP contribution in [0.3, 0.4) is 0 Å². The van der Waals surface area contributed by atoms with E-state index in [9.17, 15) is 4.79 Å². The molecule has 0 aliphatic carbocycles. The molecule has 0 fully saturated rings. The lowest BCUT2D eigenvalue weighted by atomic mass is 10.0. The molecule has 0 saturated carbocycles. The molecule has 34 heavy (non-hydrogen) atoms. The van der Waals surface area contributed by atoms with Crippen molar-refractivity contribution in [1.29, 1.82) is 0 Å². The van der Waals surface area contributed by atoms with Gasteiger partial charge in [0.15, 0.2) is 0 Å². The first kappa shape index (κ1) is 24.0. The molecule has 3 aromatic carbocycles. The zero-order valence-corrected chi connectivity index (χ0v) is 21.4. The minimum Gasteiger partial charge on any atom is -0.491 e. The molecule has 4 rings (SSSR count). The highest BCUT2D eigenvalue weighted by atomic mass is 79.9. The second-order valence-electron chi connectivity index (χ2n) is 8.73. The maximum atomic E-state index is 12.5. The summed E-state index contributed by atoms with van der Waals surface area (Å²) in [7, 11) is 0. The van der Waals surface area contributed by atoms with Gasteiger partial charge in [-0.2, -0.15) is 0 Å². The van der Waals surface area contributed by atoms with Crippen molar-refractivity contribution in [1.82, 2.24) is 14.9 Å². The van der Waals surface area contributed by atoms with Crippen LogP contribution < -0.4 is 10.1 Å². The normalized spacial score (nSPS) is 11.2. The Hall–Kier alpha value is -3.12. The van der Waals surface area contributed by atoms with E-state index in [-0.39, 0.29) is 5.91 Å². The molecule has 176 valence electrons. The molecule has 0 aliphatic rings. The number of carbonyl (C=O) groups is 1. The monoisotopic (exact) mass is 519 g/mol. The second kappa shape index (κ2) is 10.9. The average molecular weight is 520 g/mol. The van der Waals surface area contributed by atoms with Gasteiger partial charge in [0.05, 0.1) is 17.6 Å². The van der Waals surface area contributed by atoms with E-state index in [0.717, 1.165) is 27.1 Å². The number of aromatic nitrogens is 2. The van der Waals surface area contributed by atoms with Gasteiger partial charge in [-0.25, -0.2) is 4.98 Å². The number of para-hydroxylation sites is 2. The number of benzene rings is 3. The first-order valence-corrected chi connectivity index (χ1v) is 12.4. The van der Waals surface area contributed by atoms with E-state index in [1.807, 2.05) is 42.5 Å². The predicted molar refractivity (Wildman–Crippen MR) is 141 cm³/mol. The second-order valence-corrected chi connectivity index (χ2v) is 9.64. The first-order chi connectivity index (χ1) is 16.4. The third kappa shape index (κ3) is 5.68. The highest BCUT2D eigenvalue weighted by molar-refractivity contribution is 9.10. The van der Waals surface area contributed by atoms with Crippen molar-refractivity contribution in [3.63, 3.8) is 0 Å². The number of hydrogen-bond donors (Lipinski definition) is 1. The largest absolute Gasteiger partial charge is 0.491 e. The van der Waals surface area contributed by atoms with E-state index in [1.54, 1.807) is 0 Å². The Kier molecular flexibility index (Phi) is 7.68. The number of hydrogen-bond acceptors (Lipinski definition) is 3. The molecule has 1 N–H and O–H groups in total. The molecule has 0 aliphatic heterocycles. The predicted octanol–water partition coefficient (Wildman–Crippen LogP) is 6.28. The molecule has 0 radical (unpaired) electrons. The summed E-state index contributed by atoms with van der Waals surface area (Å²) in [5, 5.41) is 3.01. The summed E-state index contributed by atoms with van der Waals surface area (Å²) >= 11 is 3.40. The zero-order valence-electron chi connectivity index (χ0n) is 19.8. The molecule has 1 amide bonds. The lowest BCUT2D eigenvalue weighted by molar-refractivity contribution is 0.0954. The van der Waals surface area contributed by atoms with E-state index >= 15 is 0 Å². The number of nitrogens with one attached hydrogen (secondary N) is 1. The molecule has 5 nitrogen and oxygen atoms in total. The molecular formula is C28H30BrN3O2. The fourth-order valence-corrected chi connectivity index (χ4v) is 4.31. The molecule has 4 aromatic rings. The van der Waals surface area contributed by atoms with Gasteiger partial charge in [-0.3, -0.25) is 4.79 Å². The van der Waals surface area contributed by atoms with Gasteiger partial charge in [0.1, 0.15) is 18.2 Å². The average Bonchev–Trinajstić information content (AvgIpc) is 3.17. The minimum absolute atomic E-state index is 0.0841. The summed E-state index contributed by atoms with van der Waals surface area (Å²) in [6.45, 7) is 8.18. The van der Waals surface area contributed by atoms with E-state index in [1.165, 1.54) is 11.1 Å². The summed E-state index contributed by atoms with van der Waals surface area (Å²) in [4.78, 5) is 17.3. The smallest absolute Gasteiger partial charge is 0.251 e. The molecule has 0 unspecified atom stereocenters. The number of carbonyl (C=O) groups excluding carboxylic acids is 1. The van der Waals surface area contributed by atoms with Gasteiger partial charge in [0.2, 0.25) is 0 Å². The van der Waals surface area contributed by atoms with Crippen LogP contribution in [0.5, 0.6) is 5.75 Å². The quantitative estimate of drug-likeness (QED) is 0.283. The topological polar surface area (TPSA) is 56.1 Å². The van der Waals surface area contributed by atoms with Gasteiger partial charge >= 0.3 is 0 Å². The third-order valence-corrected chi connectivity index (χ3v) is 6.37. The van der Waals surface area contributed by atoms with E-state index < -0.39 is 0 Å². The summed E-state index contributed by atoms with van der Waals surface area (Å²) in [5.74, 6) is 2.20. The van der Waals surface area contributed by atoms with Crippen molar-refractivity contribution >= 4 is 32.9 Å². The van der Waals surface area contributed by atoms with Gasteiger partial charge in [0.25, 0.3) is 5.91 Å². The van der Waals surface area contributed by atoms with Crippen LogP contribution >= 0.6 is 15.9 Å². The van der Waals surface area contributed by atoms with Crippen LogP contribution in [0.15, 0.2) is 71.2 Å². The van der Waals surface area contributed by atoms with Gasteiger partial charge in [-0.1, -0.05) is 54.0 Å². The van der Waals surface area contributed by atoms with Crippen LogP contribution in [0.2, 0.25) is 0 Å². The molecule has 0 atom stereocenters. The van der Waals surface area contributed by atoms with Crippen molar-refractivity contribution < 1.29 is 9.53 Å². The number of rotatable bonds is 9. The Balaban J connectivity index is 1.45. The molecule has 6 heteroatoms. The number of halogens is 1. The van der Waals surface area contributed by atoms with Gasteiger partial charge in [-0.15, -0.1) is 0 Å². The lowest BCUT2D eigenvalue weighted by Crippen LogP contribution is -2.26. The fourth-order valence-electron chi connectivity index (χ4n) is 4.05. The van der Waals surface area contributed by atoms with E-state index in [0.29, 0.717) is 37.6 Å². The van der Waals surface area contributed by atoms with Crippen LogP contribution in [0.4, 0.5) is 0 Å². The zero-order chi connectivity index (χ0) is 24.1. The minimum atomic E-state index is -0.0841.